The van der Waals surface area contributed by atoms with Crippen molar-refractivity contribution in [2.75, 3.05) is 6.61 Å². The second-order valence-corrected chi connectivity index (χ2v) is 5.35. The first-order valence-electron chi connectivity index (χ1n) is 6.93. The zero-order valence-corrected chi connectivity index (χ0v) is 11.6. The molecule has 2 aromatic rings. The average Bonchev–Trinajstić information content (AvgIpc) is 2.92. The van der Waals surface area contributed by atoms with Crippen LogP contribution in [0.3, 0.4) is 0 Å². The van der Waals surface area contributed by atoms with Crippen LogP contribution < -0.4 is 0 Å². The molecule has 7 heteroatoms. The molecule has 2 heterocycles. The highest BCUT2D eigenvalue weighted by molar-refractivity contribution is 5.97. The fourth-order valence-corrected chi connectivity index (χ4v) is 2.85. The molecule has 1 aromatic carbocycles. The number of benzene rings is 1. The van der Waals surface area contributed by atoms with Crippen LogP contribution in [0.25, 0.3) is 10.9 Å². The molecule has 1 aliphatic heterocycles. The first-order valence-corrected chi connectivity index (χ1v) is 6.93. The van der Waals surface area contributed by atoms with E-state index >= 15 is 0 Å². The number of carbonyl (C=O) groups excluding carboxylic acids is 1. The van der Waals surface area contributed by atoms with Crippen LogP contribution >= 0.6 is 0 Å². The lowest BCUT2D eigenvalue weighted by Gasteiger charge is -2.40. The highest BCUT2D eigenvalue weighted by atomic mass is 16.6. The summed E-state index contributed by atoms with van der Waals surface area (Å²) in [6, 6.07) is 7.08. The van der Waals surface area contributed by atoms with Gasteiger partial charge in [-0.15, -0.1) is 0 Å². The third-order valence-electron chi connectivity index (χ3n) is 4.04. The predicted molar refractivity (Wildman–Crippen MR) is 76.3 cm³/mol. The molecule has 0 bridgehead atoms. The van der Waals surface area contributed by atoms with E-state index in [0.29, 0.717) is 22.8 Å². The molecule has 0 unspecified atom stereocenters. The smallest absolute Gasteiger partial charge is 0.163 e. The predicted octanol–water partition coefficient (Wildman–Crippen LogP) is -0.574. The van der Waals surface area contributed by atoms with Gasteiger partial charge >= 0.3 is 0 Å². The molecular weight excluding hydrogens is 290 g/mol. The van der Waals surface area contributed by atoms with Crippen LogP contribution in [0.2, 0.25) is 0 Å². The Kier molecular flexibility index (Phi) is 3.98. The number of nitrogens with zero attached hydrogens (tertiary/aromatic N) is 1. The largest absolute Gasteiger partial charge is 0.394 e. The van der Waals surface area contributed by atoms with Crippen LogP contribution in [0.15, 0.2) is 30.5 Å². The van der Waals surface area contributed by atoms with E-state index in [9.17, 15) is 25.2 Å². The van der Waals surface area contributed by atoms with E-state index in [4.69, 9.17) is 4.74 Å². The summed E-state index contributed by atoms with van der Waals surface area (Å²) < 4.78 is 7.05. The summed E-state index contributed by atoms with van der Waals surface area (Å²) >= 11 is 0. The van der Waals surface area contributed by atoms with Crippen molar-refractivity contribution in [3.63, 3.8) is 0 Å². The van der Waals surface area contributed by atoms with Crippen LogP contribution in [0.4, 0.5) is 0 Å². The van der Waals surface area contributed by atoms with Gasteiger partial charge in [0.15, 0.2) is 12.5 Å². The van der Waals surface area contributed by atoms with Gasteiger partial charge in [-0.1, -0.05) is 18.2 Å². The zero-order chi connectivity index (χ0) is 15.9. The third kappa shape index (κ3) is 2.23. The van der Waals surface area contributed by atoms with Gasteiger partial charge in [-0.05, 0) is 6.07 Å². The molecule has 0 radical (unpaired) electrons. The number of carbonyl (C=O) groups is 1. The average molecular weight is 307 g/mol. The van der Waals surface area contributed by atoms with Crippen molar-refractivity contribution in [3.05, 3.63) is 36.0 Å². The minimum Gasteiger partial charge on any atom is -0.394 e. The number of para-hydroxylation sites is 1. The lowest BCUT2D eigenvalue weighted by molar-refractivity contribution is -0.250. The van der Waals surface area contributed by atoms with E-state index in [-0.39, 0.29) is 0 Å². The second kappa shape index (κ2) is 5.79. The summed E-state index contributed by atoms with van der Waals surface area (Å²) in [4.78, 5) is 11.2. The number of fused-ring (bicyclic) bond motifs is 1. The minimum atomic E-state index is -1.46. The van der Waals surface area contributed by atoms with E-state index in [0.717, 1.165) is 0 Å². The maximum atomic E-state index is 11.2. The van der Waals surface area contributed by atoms with Crippen LogP contribution in [-0.2, 0) is 4.74 Å². The number of ether oxygens (including phenoxy) is 1. The molecule has 5 atom stereocenters. The lowest BCUT2D eigenvalue weighted by Crippen LogP contribution is -2.56. The van der Waals surface area contributed by atoms with Gasteiger partial charge in [-0.25, -0.2) is 0 Å². The molecule has 22 heavy (non-hydrogen) atoms. The minimum absolute atomic E-state index is 0.424. The zero-order valence-electron chi connectivity index (χ0n) is 11.6. The number of hydrogen-bond donors (Lipinski definition) is 4. The Hall–Kier alpha value is -1.77. The first-order chi connectivity index (χ1) is 10.6. The summed E-state index contributed by atoms with van der Waals surface area (Å²) in [6.07, 6.45) is -4.07. The van der Waals surface area contributed by atoms with Gasteiger partial charge in [0.2, 0.25) is 0 Å². The highest BCUT2D eigenvalue weighted by Crippen LogP contribution is 2.32. The molecule has 3 rings (SSSR count). The molecule has 7 nitrogen and oxygen atoms in total. The highest BCUT2D eigenvalue weighted by Gasteiger charge is 2.44. The molecule has 0 spiro atoms. The molecule has 4 N–H and O–H groups in total. The number of aliphatic hydroxyl groups is 4. The van der Waals surface area contributed by atoms with Gasteiger partial charge in [-0.2, -0.15) is 0 Å². The molecule has 1 fully saturated rings. The fourth-order valence-electron chi connectivity index (χ4n) is 2.85. The number of aliphatic hydroxyl groups excluding tert-OH is 4. The van der Waals surface area contributed by atoms with Crippen molar-refractivity contribution < 1.29 is 30.0 Å². The van der Waals surface area contributed by atoms with Crippen LogP contribution in [0.1, 0.15) is 16.6 Å². The Morgan fingerprint density at radius 1 is 1.14 bits per heavy atom. The van der Waals surface area contributed by atoms with Crippen molar-refractivity contribution in [2.24, 2.45) is 0 Å². The molecule has 0 amide bonds. The summed E-state index contributed by atoms with van der Waals surface area (Å²) in [5, 5.41) is 39.8. The second-order valence-electron chi connectivity index (χ2n) is 5.35. The van der Waals surface area contributed by atoms with Crippen LogP contribution in [-0.4, -0.2) is 62.3 Å². The van der Waals surface area contributed by atoms with E-state index in [2.05, 4.69) is 0 Å². The fraction of sp³-hybridized carbons (Fsp3) is 0.400. The Morgan fingerprint density at radius 3 is 2.55 bits per heavy atom. The summed E-state index contributed by atoms with van der Waals surface area (Å²) in [5.74, 6) is 0. The Balaban J connectivity index is 2.08. The Bertz CT molecular complexity index is 682. The summed E-state index contributed by atoms with van der Waals surface area (Å²) in [5.41, 5.74) is 1.07. The molecule has 118 valence electrons. The molecule has 1 aromatic heterocycles. The molecule has 1 saturated heterocycles. The number of rotatable bonds is 3. The molecule has 0 saturated carbocycles. The normalized spacial score (nSPS) is 32.3. The number of aldehydes is 1. The maximum Gasteiger partial charge on any atom is 0.163 e. The van der Waals surface area contributed by atoms with Crippen molar-refractivity contribution in [2.45, 2.75) is 30.6 Å². The van der Waals surface area contributed by atoms with Crippen molar-refractivity contribution in [1.29, 1.82) is 0 Å². The van der Waals surface area contributed by atoms with E-state index in [1.165, 1.54) is 10.8 Å². The van der Waals surface area contributed by atoms with Crippen LogP contribution in [0.5, 0.6) is 0 Å². The van der Waals surface area contributed by atoms with E-state index in [1.807, 2.05) is 0 Å². The van der Waals surface area contributed by atoms with E-state index < -0.39 is 37.3 Å². The Labute approximate surface area is 126 Å². The third-order valence-corrected chi connectivity index (χ3v) is 4.04. The molecule has 1 aliphatic rings. The maximum absolute atomic E-state index is 11.2. The first kappa shape index (κ1) is 15.1. The number of hydrogen-bond acceptors (Lipinski definition) is 6. The summed E-state index contributed by atoms with van der Waals surface area (Å²) in [7, 11) is 0. The quantitative estimate of drug-likeness (QED) is 0.565. The van der Waals surface area contributed by atoms with Crippen LogP contribution in [0, 0.1) is 0 Å². The lowest BCUT2D eigenvalue weighted by atomic mass is 9.98. The van der Waals surface area contributed by atoms with Crippen molar-refractivity contribution in [1.82, 2.24) is 4.57 Å². The number of aromatic nitrogens is 1. The monoisotopic (exact) mass is 307 g/mol. The standard InChI is InChI=1S/C15H17NO6/c17-6-8-5-16(10-4-2-1-3-9(8)10)15-14(21)13(20)12(19)11(7-18)22-15/h1-6,11-15,18-21H,7H2/t11-,12-,13+,14-,15-/m1/s1. The summed E-state index contributed by atoms with van der Waals surface area (Å²) in [6.45, 7) is -0.499. The van der Waals surface area contributed by atoms with Gasteiger partial charge < -0.3 is 29.7 Å². The van der Waals surface area contributed by atoms with Gasteiger partial charge in [0, 0.05) is 17.1 Å². The van der Waals surface area contributed by atoms with Crippen molar-refractivity contribution >= 4 is 17.2 Å². The van der Waals surface area contributed by atoms with Gasteiger partial charge in [0.25, 0.3) is 0 Å². The molecule has 0 aliphatic carbocycles. The topological polar surface area (TPSA) is 112 Å². The van der Waals surface area contributed by atoms with Gasteiger partial charge in [-0.3, -0.25) is 4.79 Å². The van der Waals surface area contributed by atoms with E-state index in [1.54, 1.807) is 24.3 Å². The van der Waals surface area contributed by atoms with Gasteiger partial charge in [0.1, 0.15) is 24.4 Å². The van der Waals surface area contributed by atoms with Gasteiger partial charge in [0.05, 0.1) is 12.1 Å². The SMILES string of the molecule is O=Cc1cn([C@@H]2O[C@H](CO)[C@@H](O)[C@H](O)[C@H]2O)c2ccccc12. The Morgan fingerprint density at radius 2 is 1.86 bits per heavy atom. The van der Waals surface area contributed by atoms with Crippen molar-refractivity contribution in [3.8, 4) is 0 Å². The molecular formula is C15H17NO6.